The first-order valence-electron chi connectivity index (χ1n) is 7.00. The minimum atomic E-state index is 0.218. The van der Waals surface area contributed by atoms with Crippen LogP contribution in [0.5, 0.6) is 0 Å². The lowest BCUT2D eigenvalue weighted by Gasteiger charge is -2.09. The number of rotatable bonds is 5. The van der Waals surface area contributed by atoms with E-state index in [1.165, 1.54) is 11.9 Å². The molecule has 21 heavy (non-hydrogen) atoms. The molecule has 0 saturated heterocycles. The van der Waals surface area contributed by atoms with E-state index in [2.05, 4.69) is 39.2 Å². The van der Waals surface area contributed by atoms with Gasteiger partial charge in [0.25, 0.3) is 0 Å². The highest BCUT2D eigenvalue weighted by Gasteiger charge is 2.18. The zero-order valence-electron chi connectivity index (χ0n) is 11.8. The summed E-state index contributed by atoms with van der Waals surface area (Å²) in [6.07, 6.45) is 4.98. The molecule has 0 N–H and O–H groups in total. The molecule has 0 radical (unpaired) electrons. The third kappa shape index (κ3) is 3.13. The normalized spacial score (nSPS) is 12.2. The Balaban J connectivity index is 1.81. The Morgan fingerprint density at radius 1 is 1.14 bits per heavy atom. The molecule has 0 aliphatic rings. The molecule has 0 aliphatic heterocycles. The van der Waals surface area contributed by atoms with Crippen LogP contribution in [0.1, 0.15) is 30.7 Å². The quantitative estimate of drug-likeness (QED) is 0.717. The third-order valence-corrected chi connectivity index (χ3v) is 3.42. The first-order chi connectivity index (χ1) is 10.4. The lowest BCUT2D eigenvalue weighted by molar-refractivity contribution is 0.348. The van der Waals surface area contributed by atoms with Crippen LogP contribution in [0.4, 0.5) is 0 Å². The molecule has 2 heterocycles. The molecule has 0 spiro atoms. The van der Waals surface area contributed by atoms with Crippen molar-refractivity contribution >= 4 is 0 Å². The summed E-state index contributed by atoms with van der Waals surface area (Å²) in [5.41, 5.74) is 1.95. The maximum Gasteiger partial charge on any atom is 0.230 e. The van der Waals surface area contributed by atoms with Gasteiger partial charge in [0.05, 0.1) is 0 Å². The van der Waals surface area contributed by atoms with Crippen molar-refractivity contribution in [2.24, 2.45) is 0 Å². The smallest absolute Gasteiger partial charge is 0.230 e. The molecule has 3 rings (SSSR count). The number of nitrogens with zero attached hydrogens (tertiary/aromatic N) is 4. The van der Waals surface area contributed by atoms with Gasteiger partial charge in [0.1, 0.15) is 12.0 Å². The Hall–Kier alpha value is -2.56. The Morgan fingerprint density at radius 2 is 2.00 bits per heavy atom. The van der Waals surface area contributed by atoms with E-state index in [0.717, 1.165) is 12.8 Å². The van der Waals surface area contributed by atoms with Crippen LogP contribution in [0, 0.1) is 0 Å². The summed E-state index contributed by atoms with van der Waals surface area (Å²) in [7, 11) is 0. The van der Waals surface area contributed by atoms with E-state index in [0.29, 0.717) is 17.4 Å². The molecule has 0 saturated carbocycles. The van der Waals surface area contributed by atoms with E-state index in [4.69, 9.17) is 4.52 Å². The standard InChI is InChI=1S/C16H16N4O/c1-2-13(10-12-6-4-3-5-7-12)16-19-15(20-21-16)14-8-9-17-11-18-14/h3-9,11,13H,2,10H2,1H3. The van der Waals surface area contributed by atoms with E-state index in [-0.39, 0.29) is 5.92 Å². The van der Waals surface area contributed by atoms with Crippen molar-refractivity contribution < 1.29 is 4.52 Å². The minimum Gasteiger partial charge on any atom is -0.339 e. The fourth-order valence-electron chi connectivity index (χ4n) is 2.23. The molecule has 1 aromatic carbocycles. The zero-order chi connectivity index (χ0) is 14.5. The second kappa shape index (κ2) is 6.26. The number of aromatic nitrogens is 4. The minimum absolute atomic E-state index is 0.218. The van der Waals surface area contributed by atoms with Crippen LogP contribution in [0.15, 0.2) is 53.4 Å². The molecular weight excluding hydrogens is 264 g/mol. The van der Waals surface area contributed by atoms with Crippen LogP contribution in [0.25, 0.3) is 11.5 Å². The summed E-state index contributed by atoms with van der Waals surface area (Å²) < 4.78 is 5.42. The second-order valence-electron chi connectivity index (χ2n) is 4.85. The third-order valence-electron chi connectivity index (χ3n) is 3.42. The van der Waals surface area contributed by atoms with Crippen LogP contribution in [-0.2, 0) is 6.42 Å². The Morgan fingerprint density at radius 3 is 2.71 bits per heavy atom. The fourth-order valence-corrected chi connectivity index (χ4v) is 2.23. The Kier molecular flexibility index (Phi) is 4.00. The monoisotopic (exact) mass is 280 g/mol. The molecule has 3 aromatic rings. The van der Waals surface area contributed by atoms with Gasteiger partial charge in [-0.15, -0.1) is 0 Å². The van der Waals surface area contributed by atoms with Crippen molar-refractivity contribution in [3.8, 4) is 11.5 Å². The van der Waals surface area contributed by atoms with Gasteiger partial charge in [-0.2, -0.15) is 4.98 Å². The first-order valence-corrected chi connectivity index (χ1v) is 7.00. The molecule has 106 valence electrons. The van der Waals surface area contributed by atoms with Gasteiger partial charge in [0.2, 0.25) is 11.7 Å². The van der Waals surface area contributed by atoms with Crippen molar-refractivity contribution in [1.82, 2.24) is 20.1 Å². The summed E-state index contributed by atoms with van der Waals surface area (Å²) in [5, 5.41) is 4.02. The summed E-state index contributed by atoms with van der Waals surface area (Å²) in [4.78, 5) is 12.5. The summed E-state index contributed by atoms with van der Waals surface area (Å²) in [5.74, 6) is 1.39. The van der Waals surface area contributed by atoms with Gasteiger partial charge in [0, 0.05) is 12.1 Å². The highest BCUT2D eigenvalue weighted by molar-refractivity contribution is 5.46. The van der Waals surface area contributed by atoms with Gasteiger partial charge in [-0.3, -0.25) is 0 Å². The van der Waals surface area contributed by atoms with Gasteiger partial charge in [-0.1, -0.05) is 42.4 Å². The molecule has 1 atom stereocenters. The molecule has 0 fully saturated rings. The van der Waals surface area contributed by atoms with Crippen molar-refractivity contribution in [3.05, 3.63) is 60.4 Å². The maximum atomic E-state index is 5.42. The molecule has 2 aromatic heterocycles. The number of hydrogen-bond acceptors (Lipinski definition) is 5. The van der Waals surface area contributed by atoms with E-state index in [1.807, 2.05) is 18.2 Å². The maximum absolute atomic E-state index is 5.42. The van der Waals surface area contributed by atoms with E-state index < -0.39 is 0 Å². The van der Waals surface area contributed by atoms with Crippen LogP contribution in [0.2, 0.25) is 0 Å². The highest BCUT2D eigenvalue weighted by atomic mass is 16.5. The Labute approximate surface area is 123 Å². The van der Waals surface area contributed by atoms with Crippen molar-refractivity contribution in [2.75, 3.05) is 0 Å². The molecule has 0 bridgehead atoms. The average molecular weight is 280 g/mol. The SMILES string of the molecule is CCC(Cc1ccccc1)c1nc(-c2ccncn2)no1. The predicted molar refractivity (Wildman–Crippen MR) is 78.5 cm³/mol. The van der Waals surface area contributed by atoms with Crippen LogP contribution in [0.3, 0.4) is 0 Å². The van der Waals surface area contributed by atoms with Gasteiger partial charge in [0.15, 0.2) is 0 Å². The summed E-state index contributed by atoms with van der Waals surface area (Å²) in [6, 6.07) is 12.1. The van der Waals surface area contributed by atoms with Crippen molar-refractivity contribution in [1.29, 1.82) is 0 Å². The zero-order valence-corrected chi connectivity index (χ0v) is 11.8. The Bertz CT molecular complexity index is 682. The van der Waals surface area contributed by atoms with Crippen LogP contribution in [-0.4, -0.2) is 20.1 Å². The molecule has 0 amide bonds. The van der Waals surface area contributed by atoms with Crippen molar-refractivity contribution in [3.63, 3.8) is 0 Å². The largest absolute Gasteiger partial charge is 0.339 e. The summed E-state index contributed by atoms with van der Waals surface area (Å²) in [6.45, 7) is 2.13. The topological polar surface area (TPSA) is 64.7 Å². The molecule has 0 aliphatic carbocycles. The number of benzene rings is 1. The van der Waals surface area contributed by atoms with Crippen LogP contribution < -0.4 is 0 Å². The fraction of sp³-hybridized carbons (Fsp3) is 0.250. The van der Waals surface area contributed by atoms with E-state index >= 15 is 0 Å². The molecular formula is C16H16N4O. The van der Waals surface area contributed by atoms with E-state index in [1.54, 1.807) is 12.3 Å². The molecule has 5 nitrogen and oxygen atoms in total. The summed E-state index contributed by atoms with van der Waals surface area (Å²) >= 11 is 0. The van der Waals surface area contributed by atoms with Gasteiger partial charge in [-0.25, -0.2) is 9.97 Å². The average Bonchev–Trinajstić information content (AvgIpc) is 3.04. The van der Waals surface area contributed by atoms with Crippen molar-refractivity contribution in [2.45, 2.75) is 25.7 Å². The lowest BCUT2D eigenvalue weighted by Crippen LogP contribution is -2.02. The predicted octanol–water partition coefficient (Wildman–Crippen LogP) is 3.26. The second-order valence-corrected chi connectivity index (χ2v) is 4.85. The van der Waals surface area contributed by atoms with Crippen LogP contribution >= 0.6 is 0 Å². The van der Waals surface area contributed by atoms with Gasteiger partial charge < -0.3 is 4.52 Å². The number of hydrogen-bond donors (Lipinski definition) is 0. The highest BCUT2D eigenvalue weighted by Crippen LogP contribution is 2.24. The van der Waals surface area contributed by atoms with Gasteiger partial charge >= 0.3 is 0 Å². The van der Waals surface area contributed by atoms with Gasteiger partial charge in [-0.05, 0) is 24.5 Å². The first kappa shape index (κ1) is 13.4. The molecule has 5 heteroatoms. The lowest BCUT2D eigenvalue weighted by atomic mass is 9.97. The molecule has 1 unspecified atom stereocenters. The van der Waals surface area contributed by atoms with E-state index in [9.17, 15) is 0 Å².